The number of nitrogens with one attached hydrogen (secondary N) is 2. The van der Waals surface area contributed by atoms with Gasteiger partial charge in [0.15, 0.2) is 0 Å². The molecule has 0 aliphatic carbocycles. The van der Waals surface area contributed by atoms with Crippen molar-refractivity contribution in [2.75, 3.05) is 6.73 Å². The first-order valence-corrected chi connectivity index (χ1v) is 2.12. The Hall–Kier alpha value is -1.03. The minimum atomic E-state index is -0.0741. The van der Waals surface area contributed by atoms with Crippen LogP contribution >= 0.6 is 0 Å². The van der Waals surface area contributed by atoms with E-state index in [9.17, 15) is 0 Å². The maximum Gasteiger partial charge on any atom is 0.112 e. The van der Waals surface area contributed by atoms with Crippen LogP contribution in [0.5, 0.6) is 0 Å². The molecule has 0 aliphatic rings. The van der Waals surface area contributed by atoms with Gasteiger partial charge in [-0.3, -0.25) is 5.43 Å². The lowest BCUT2D eigenvalue weighted by Gasteiger charge is -1.89. The van der Waals surface area contributed by atoms with Crippen LogP contribution in [0, 0.1) is 0 Å². The van der Waals surface area contributed by atoms with Crippen molar-refractivity contribution in [3.8, 4) is 0 Å². The lowest BCUT2D eigenvalue weighted by Crippen LogP contribution is -2.06. The molecule has 46 valence electrons. The van der Waals surface area contributed by atoms with E-state index in [0.717, 1.165) is 0 Å². The quantitative estimate of drug-likeness (QED) is 0.255. The maximum absolute atomic E-state index is 8.13. The van der Waals surface area contributed by atoms with Gasteiger partial charge in [-0.1, -0.05) is 0 Å². The fourth-order valence-corrected chi connectivity index (χ4v) is 0.202. The van der Waals surface area contributed by atoms with Crippen LogP contribution in [0.25, 0.3) is 0 Å². The van der Waals surface area contributed by atoms with E-state index >= 15 is 0 Å². The standard InChI is InChI=1S/C4H9N3O/c1-5-7-3-2-6-4-8/h2-3,6-8H,1,4H2/b3-2-. The van der Waals surface area contributed by atoms with Crippen LogP contribution in [0.2, 0.25) is 0 Å². The van der Waals surface area contributed by atoms with E-state index in [2.05, 4.69) is 22.6 Å². The summed E-state index contributed by atoms with van der Waals surface area (Å²) < 4.78 is 0. The summed E-state index contributed by atoms with van der Waals surface area (Å²) in [7, 11) is 0. The molecule has 0 aromatic heterocycles. The van der Waals surface area contributed by atoms with Gasteiger partial charge in [0, 0.05) is 19.1 Å². The monoisotopic (exact) mass is 115 g/mol. The fourth-order valence-electron chi connectivity index (χ4n) is 0.202. The van der Waals surface area contributed by atoms with Gasteiger partial charge in [-0.05, 0) is 0 Å². The smallest absolute Gasteiger partial charge is 0.112 e. The third kappa shape index (κ3) is 4.97. The van der Waals surface area contributed by atoms with Gasteiger partial charge in [0.05, 0.1) is 0 Å². The van der Waals surface area contributed by atoms with Gasteiger partial charge in [-0.2, -0.15) is 5.10 Å². The minimum Gasteiger partial charge on any atom is -0.377 e. The number of aliphatic hydroxyl groups is 1. The summed E-state index contributed by atoms with van der Waals surface area (Å²) >= 11 is 0. The van der Waals surface area contributed by atoms with Crippen molar-refractivity contribution in [3.05, 3.63) is 12.4 Å². The lowest BCUT2D eigenvalue weighted by atomic mass is 10.9. The van der Waals surface area contributed by atoms with Crippen molar-refractivity contribution in [3.63, 3.8) is 0 Å². The van der Waals surface area contributed by atoms with E-state index in [1.54, 1.807) is 0 Å². The summed E-state index contributed by atoms with van der Waals surface area (Å²) in [6.45, 7) is 3.08. The van der Waals surface area contributed by atoms with Gasteiger partial charge >= 0.3 is 0 Å². The molecule has 4 heteroatoms. The van der Waals surface area contributed by atoms with Gasteiger partial charge in [-0.25, -0.2) is 0 Å². The molecule has 0 saturated heterocycles. The fraction of sp³-hybridized carbons (Fsp3) is 0.250. The second-order valence-electron chi connectivity index (χ2n) is 0.983. The molecule has 0 aliphatic heterocycles. The lowest BCUT2D eigenvalue weighted by molar-refractivity contribution is 0.279. The summed E-state index contributed by atoms with van der Waals surface area (Å²) in [6.07, 6.45) is 3.04. The highest BCUT2D eigenvalue weighted by Gasteiger charge is 1.63. The van der Waals surface area contributed by atoms with Gasteiger partial charge < -0.3 is 10.4 Å². The van der Waals surface area contributed by atoms with Crippen molar-refractivity contribution in [1.29, 1.82) is 0 Å². The number of hydrogen-bond donors (Lipinski definition) is 3. The molecule has 0 unspecified atom stereocenters. The van der Waals surface area contributed by atoms with Crippen LogP contribution in [-0.2, 0) is 0 Å². The van der Waals surface area contributed by atoms with E-state index in [-0.39, 0.29) is 6.73 Å². The molecule has 0 heterocycles. The summed E-state index contributed by atoms with van der Waals surface area (Å²) in [5, 5.41) is 13.9. The SMILES string of the molecule is C=NN/C=C\NCO. The Morgan fingerprint density at radius 1 is 1.62 bits per heavy atom. The second kappa shape index (κ2) is 5.97. The number of nitrogens with zero attached hydrogens (tertiary/aromatic N) is 1. The molecule has 0 radical (unpaired) electrons. The van der Waals surface area contributed by atoms with E-state index in [4.69, 9.17) is 5.11 Å². The number of rotatable bonds is 4. The first-order valence-electron chi connectivity index (χ1n) is 2.12. The Balaban J connectivity index is 2.94. The van der Waals surface area contributed by atoms with Crippen LogP contribution in [0.15, 0.2) is 17.5 Å². The van der Waals surface area contributed by atoms with Crippen LogP contribution in [0.1, 0.15) is 0 Å². The molecule has 0 spiro atoms. The molecule has 0 saturated carbocycles. The maximum atomic E-state index is 8.13. The largest absolute Gasteiger partial charge is 0.377 e. The molecule has 0 amide bonds. The summed E-state index contributed by atoms with van der Waals surface area (Å²) in [4.78, 5) is 0. The molecule has 0 rings (SSSR count). The molecule has 4 nitrogen and oxygen atoms in total. The third-order valence-electron chi connectivity index (χ3n) is 0.458. The van der Waals surface area contributed by atoms with Crippen LogP contribution in [0.4, 0.5) is 0 Å². The van der Waals surface area contributed by atoms with E-state index < -0.39 is 0 Å². The topological polar surface area (TPSA) is 56.7 Å². The van der Waals surface area contributed by atoms with Crippen molar-refractivity contribution in [2.24, 2.45) is 5.10 Å². The second-order valence-corrected chi connectivity index (χ2v) is 0.983. The molecule has 0 bridgehead atoms. The van der Waals surface area contributed by atoms with Crippen LogP contribution < -0.4 is 10.7 Å². The van der Waals surface area contributed by atoms with Gasteiger partial charge in [0.1, 0.15) is 6.73 Å². The van der Waals surface area contributed by atoms with Crippen molar-refractivity contribution < 1.29 is 5.11 Å². The van der Waals surface area contributed by atoms with E-state index in [1.165, 1.54) is 12.4 Å². The van der Waals surface area contributed by atoms with Gasteiger partial charge in [-0.15, -0.1) is 0 Å². The Kier molecular flexibility index (Phi) is 5.20. The highest BCUT2D eigenvalue weighted by molar-refractivity contribution is 5.22. The average Bonchev–Trinajstić information content (AvgIpc) is 1.81. The van der Waals surface area contributed by atoms with Crippen molar-refractivity contribution in [1.82, 2.24) is 10.7 Å². The molecule has 8 heavy (non-hydrogen) atoms. The van der Waals surface area contributed by atoms with Gasteiger partial charge in [0.25, 0.3) is 0 Å². The Morgan fingerprint density at radius 3 is 2.88 bits per heavy atom. The van der Waals surface area contributed by atoms with Crippen molar-refractivity contribution in [2.45, 2.75) is 0 Å². The highest BCUT2D eigenvalue weighted by Crippen LogP contribution is 1.57. The molecule has 0 aromatic rings. The van der Waals surface area contributed by atoms with Crippen molar-refractivity contribution >= 4 is 6.72 Å². The number of hydrazone groups is 1. The highest BCUT2D eigenvalue weighted by atomic mass is 16.3. The molecule has 3 N–H and O–H groups in total. The Labute approximate surface area is 47.9 Å². The summed E-state index contributed by atoms with van der Waals surface area (Å²) in [5.74, 6) is 0. The van der Waals surface area contributed by atoms with Gasteiger partial charge in [0.2, 0.25) is 0 Å². The molecule has 0 atom stereocenters. The minimum absolute atomic E-state index is 0.0741. The zero-order valence-electron chi connectivity index (χ0n) is 4.46. The molecule has 0 fully saturated rings. The molecular weight excluding hydrogens is 106 g/mol. The predicted molar refractivity (Wildman–Crippen MR) is 32.0 cm³/mol. The van der Waals surface area contributed by atoms with E-state index in [1.807, 2.05) is 0 Å². The Morgan fingerprint density at radius 2 is 2.38 bits per heavy atom. The average molecular weight is 115 g/mol. The Bertz CT molecular complexity index is 81.4. The first kappa shape index (κ1) is 6.97. The summed E-state index contributed by atoms with van der Waals surface area (Å²) in [5.41, 5.74) is 2.44. The van der Waals surface area contributed by atoms with Crippen LogP contribution in [-0.4, -0.2) is 18.6 Å². The van der Waals surface area contributed by atoms with Crippen LogP contribution in [0.3, 0.4) is 0 Å². The summed E-state index contributed by atoms with van der Waals surface area (Å²) in [6, 6.07) is 0. The predicted octanol–water partition coefficient (Wildman–Crippen LogP) is -0.798. The number of hydrogen-bond acceptors (Lipinski definition) is 4. The normalized spacial score (nSPS) is 9.12. The molecule has 0 aromatic carbocycles. The molecular formula is C4H9N3O. The zero-order chi connectivity index (χ0) is 6.24. The van der Waals surface area contributed by atoms with E-state index in [0.29, 0.717) is 0 Å². The number of aliphatic hydroxyl groups excluding tert-OH is 1. The zero-order valence-corrected chi connectivity index (χ0v) is 4.46. The first-order chi connectivity index (χ1) is 3.91. The third-order valence-corrected chi connectivity index (χ3v) is 0.458.